The highest BCUT2D eigenvalue weighted by molar-refractivity contribution is 5.17. The van der Waals surface area contributed by atoms with Crippen LogP contribution in [0.3, 0.4) is 0 Å². The summed E-state index contributed by atoms with van der Waals surface area (Å²) < 4.78 is 25.8. The van der Waals surface area contributed by atoms with E-state index < -0.39 is 11.6 Å². The molecule has 0 heterocycles. The number of benzene rings is 1. The molecule has 0 saturated heterocycles. The molecule has 0 aliphatic heterocycles. The van der Waals surface area contributed by atoms with E-state index in [0.717, 1.165) is 19.2 Å². The van der Waals surface area contributed by atoms with Gasteiger partial charge < -0.3 is 10.2 Å². The second-order valence-electron chi connectivity index (χ2n) is 4.53. The van der Waals surface area contributed by atoms with Crippen molar-refractivity contribution in [1.82, 2.24) is 10.2 Å². The third kappa shape index (κ3) is 5.24. The van der Waals surface area contributed by atoms with Gasteiger partial charge in [-0.2, -0.15) is 0 Å². The molecule has 0 aromatic heterocycles. The summed E-state index contributed by atoms with van der Waals surface area (Å²) in [6, 6.07) is 4.09. The van der Waals surface area contributed by atoms with Crippen molar-refractivity contribution in [3.8, 4) is 0 Å². The molecule has 17 heavy (non-hydrogen) atoms. The van der Waals surface area contributed by atoms with Gasteiger partial charge in [-0.15, -0.1) is 0 Å². The highest BCUT2D eigenvalue weighted by Gasteiger charge is 2.03. The van der Waals surface area contributed by atoms with Gasteiger partial charge in [0, 0.05) is 31.7 Å². The monoisotopic (exact) mass is 242 g/mol. The number of hydrogen-bond donors (Lipinski definition) is 1. The first-order chi connectivity index (χ1) is 7.99. The van der Waals surface area contributed by atoms with Crippen molar-refractivity contribution in [2.75, 3.05) is 20.1 Å². The lowest BCUT2D eigenvalue weighted by atomic mass is 10.2. The largest absolute Gasteiger partial charge is 0.311 e. The van der Waals surface area contributed by atoms with E-state index >= 15 is 0 Å². The lowest BCUT2D eigenvalue weighted by molar-refractivity contribution is 0.273. The predicted octanol–water partition coefficient (Wildman–Crippen LogP) is 2.39. The van der Waals surface area contributed by atoms with Gasteiger partial charge in [-0.3, -0.25) is 0 Å². The van der Waals surface area contributed by atoms with E-state index in [1.807, 2.05) is 7.05 Å². The minimum Gasteiger partial charge on any atom is -0.311 e. The van der Waals surface area contributed by atoms with Crippen LogP contribution < -0.4 is 5.32 Å². The fourth-order valence-electron chi connectivity index (χ4n) is 1.46. The Morgan fingerprint density at radius 2 is 1.76 bits per heavy atom. The van der Waals surface area contributed by atoms with Gasteiger partial charge in [0.05, 0.1) is 0 Å². The van der Waals surface area contributed by atoms with E-state index in [9.17, 15) is 8.78 Å². The highest BCUT2D eigenvalue weighted by Crippen LogP contribution is 2.07. The average molecular weight is 242 g/mol. The van der Waals surface area contributed by atoms with Crippen LogP contribution in [0.5, 0.6) is 0 Å². The Balaban J connectivity index is 2.31. The van der Waals surface area contributed by atoms with Crippen molar-refractivity contribution in [2.24, 2.45) is 0 Å². The van der Waals surface area contributed by atoms with Crippen LogP contribution in [-0.4, -0.2) is 31.1 Å². The van der Waals surface area contributed by atoms with Gasteiger partial charge in [0.1, 0.15) is 11.6 Å². The van der Waals surface area contributed by atoms with Crippen LogP contribution >= 0.6 is 0 Å². The molecule has 1 aromatic carbocycles. The molecule has 1 rings (SSSR count). The Bertz CT molecular complexity index is 333. The molecule has 1 N–H and O–H groups in total. The average Bonchev–Trinajstić information content (AvgIpc) is 2.22. The van der Waals surface area contributed by atoms with Crippen LogP contribution in [0.15, 0.2) is 18.2 Å². The second-order valence-corrected chi connectivity index (χ2v) is 4.53. The van der Waals surface area contributed by atoms with Gasteiger partial charge in [-0.05, 0) is 38.6 Å². The van der Waals surface area contributed by atoms with Crippen molar-refractivity contribution < 1.29 is 8.78 Å². The van der Waals surface area contributed by atoms with Gasteiger partial charge in [0.15, 0.2) is 0 Å². The molecule has 96 valence electrons. The summed E-state index contributed by atoms with van der Waals surface area (Å²) >= 11 is 0. The lowest BCUT2D eigenvalue weighted by Crippen LogP contribution is -2.33. The molecule has 0 bridgehead atoms. The fourth-order valence-corrected chi connectivity index (χ4v) is 1.46. The number of halogens is 2. The first-order valence-electron chi connectivity index (χ1n) is 5.85. The van der Waals surface area contributed by atoms with Crippen LogP contribution in [0.25, 0.3) is 0 Å². The number of hydrogen-bond acceptors (Lipinski definition) is 2. The third-order valence-corrected chi connectivity index (χ3v) is 2.77. The number of nitrogens with zero attached hydrogens (tertiary/aromatic N) is 1. The first-order valence-corrected chi connectivity index (χ1v) is 5.85. The Kier molecular flexibility index (Phi) is 5.51. The Morgan fingerprint density at radius 1 is 1.18 bits per heavy atom. The summed E-state index contributed by atoms with van der Waals surface area (Å²) in [6.45, 7) is 6.45. The summed E-state index contributed by atoms with van der Waals surface area (Å²) in [7, 11) is 2.05. The van der Waals surface area contributed by atoms with Crippen molar-refractivity contribution in [1.29, 1.82) is 0 Å². The fraction of sp³-hybridized carbons (Fsp3) is 0.538. The molecular weight excluding hydrogens is 222 g/mol. The molecule has 0 aliphatic rings. The van der Waals surface area contributed by atoms with E-state index in [4.69, 9.17) is 0 Å². The predicted molar refractivity (Wildman–Crippen MR) is 65.8 cm³/mol. The quantitative estimate of drug-likeness (QED) is 0.771. The van der Waals surface area contributed by atoms with Crippen molar-refractivity contribution in [3.05, 3.63) is 35.4 Å². The van der Waals surface area contributed by atoms with Gasteiger partial charge >= 0.3 is 0 Å². The molecule has 1 aromatic rings. The number of rotatable bonds is 6. The Hall–Kier alpha value is -1.00. The van der Waals surface area contributed by atoms with Gasteiger partial charge in [-0.25, -0.2) is 8.78 Å². The molecule has 0 atom stereocenters. The molecule has 0 fully saturated rings. The SMILES string of the molecule is CC(C)N(C)CCNCc1cc(F)cc(F)c1. The van der Waals surface area contributed by atoms with Crippen molar-refractivity contribution in [2.45, 2.75) is 26.4 Å². The summed E-state index contributed by atoms with van der Waals surface area (Å²) in [5, 5.41) is 3.17. The zero-order valence-corrected chi connectivity index (χ0v) is 10.6. The van der Waals surface area contributed by atoms with Crippen LogP contribution in [0.4, 0.5) is 8.78 Å². The Labute approximate surface area is 102 Å². The molecule has 0 unspecified atom stereocenters. The Morgan fingerprint density at radius 3 is 2.29 bits per heavy atom. The molecule has 0 radical (unpaired) electrons. The molecular formula is C13H20F2N2. The topological polar surface area (TPSA) is 15.3 Å². The van der Waals surface area contributed by atoms with Crippen molar-refractivity contribution in [3.63, 3.8) is 0 Å². The summed E-state index contributed by atoms with van der Waals surface area (Å²) in [6.07, 6.45) is 0. The summed E-state index contributed by atoms with van der Waals surface area (Å²) in [4.78, 5) is 2.21. The standard InChI is InChI=1S/C13H20F2N2/c1-10(2)17(3)5-4-16-9-11-6-12(14)8-13(15)7-11/h6-8,10,16H,4-5,9H2,1-3H3. The minimum absolute atomic E-state index is 0.487. The van der Waals surface area contributed by atoms with Crippen LogP contribution in [0.2, 0.25) is 0 Å². The van der Waals surface area contributed by atoms with Gasteiger partial charge in [-0.1, -0.05) is 0 Å². The van der Waals surface area contributed by atoms with Gasteiger partial charge in [0.25, 0.3) is 0 Å². The maximum atomic E-state index is 12.9. The normalized spacial score (nSPS) is 11.5. The van der Waals surface area contributed by atoms with E-state index in [1.165, 1.54) is 12.1 Å². The first kappa shape index (κ1) is 14.1. The van der Waals surface area contributed by atoms with E-state index in [-0.39, 0.29) is 0 Å². The van der Waals surface area contributed by atoms with Crippen molar-refractivity contribution >= 4 is 0 Å². The maximum Gasteiger partial charge on any atom is 0.126 e. The van der Waals surface area contributed by atoms with E-state index in [1.54, 1.807) is 0 Å². The van der Waals surface area contributed by atoms with Crippen LogP contribution in [0, 0.1) is 11.6 Å². The summed E-state index contributed by atoms with van der Waals surface area (Å²) in [5.41, 5.74) is 0.634. The molecule has 0 saturated carbocycles. The zero-order chi connectivity index (χ0) is 12.8. The third-order valence-electron chi connectivity index (χ3n) is 2.77. The molecule has 2 nitrogen and oxygen atoms in total. The maximum absolute atomic E-state index is 12.9. The highest BCUT2D eigenvalue weighted by atomic mass is 19.1. The number of nitrogens with one attached hydrogen (secondary N) is 1. The lowest BCUT2D eigenvalue weighted by Gasteiger charge is -2.20. The van der Waals surface area contributed by atoms with E-state index in [0.29, 0.717) is 18.2 Å². The van der Waals surface area contributed by atoms with Crippen LogP contribution in [-0.2, 0) is 6.54 Å². The van der Waals surface area contributed by atoms with Crippen LogP contribution in [0.1, 0.15) is 19.4 Å². The molecule has 4 heteroatoms. The molecule has 0 amide bonds. The van der Waals surface area contributed by atoms with Gasteiger partial charge in [0.2, 0.25) is 0 Å². The molecule has 0 aliphatic carbocycles. The van der Waals surface area contributed by atoms with E-state index in [2.05, 4.69) is 24.1 Å². The minimum atomic E-state index is -0.527. The zero-order valence-electron chi connectivity index (χ0n) is 10.6. The number of likely N-dealkylation sites (N-methyl/N-ethyl adjacent to an activating group) is 1. The summed E-state index contributed by atoms with van der Waals surface area (Å²) in [5.74, 6) is -1.05. The molecule has 0 spiro atoms. The second kappa shape index (κ2) is 6.67. The smallest absolute Gasteiger partial charge is 0.126 e.